The number of nitrogens with one attached hydrogen (secondary N) is 1. The molecule has 1 saturated carbocycles. The van der Waals surface area contributed by atoms with Crippen LogP contribution in [0, 0.1) is 11.8 Å². The van der Waals surface area contributed by atoms with E-state index in [4.69, 9.17) is 4.74 Å². The Labute approximate surface area is 138 Å². The second kappa shape index (κ2) is 6.72. The number of aliphatic hydroxyl groups is 1. The number of carbonyl (C=O) groups is 1. The molecule has 2 N–H and O–H groups in total. The maximum Gasteiger partial charge on any atom is 0.416 e. The van der Waals surface area contributed by atoms with E-state index in [9.17, 15) is 23.1 Å². The third kappa shape index (κ3) is 3.28. The fraction of sp³-hybridized carbons (Fsp3) is 0.588. The summed E-state index contributed by atoms with van der Waals surface area (Å²) >= 11 is 0. The van der Waals surface area contributed by atoms with Gasteiger partial charge < -0.3 is 15.2 Å². The minimum absolute atomic E-state index is 0.127. The van der Waals surface area contributed by atoms with Crippen LogP contribution >= 0.6 is 0 Å². The highest BCUT2D eigenvalue weighted by molar-refractivity contribution is 5.82. The van der Waals surface area contributed by atoms with Crippen LogP contribution in [0.25, 0.3) is 0 Å². The summed E-state index contributed by atoms with van der Waals surface area (Å²) in [7, 11) is 0. The molecule has 7 heteroatoms. The predicted molar refractivity (Wildman–Crippen MR) is 80.0 cm³/mol. The average Bonchev–Trinajstić information content (AvgIpc) is 3.14. The molecule has 3 rings (SSSR count). The number of hydrogen-bond acceptors (Lipinski definition) is 3. The zero-order valence-corrected chi connectivity index (χ0v) is 13.1. The number of fused-ring (bicyclic) bond motifs is 1. The van der Waals surface area contributed by atoms with Crippen molar-refractivity contribution in [3.05, 3.63) is 35.4 Å². The smallest absolute Gasteiger partial charge is 0.394 e. The van der Waals surface area contributed by atoms with Crippen molar-refractivity contribution in [2.24, 2.45) is 11.8 Å². The number of rotatable bonds is 4. The third-order valence-electron chi connectivity index (χ3n) is 5.00. The number of benzene rings is 1. The second-order valence-corrected chi connectivity index (χ2v) is 6.44. The van der Waals surface area contributed by atoms with E-state index in [0.29, 0.717) is 12.5 Å². The molecule has 0 spiro atoms. The van der Waals surface area contributed by atoms with Gasteiger partial charge in [-0.3, -0.25) is 4.79 Å². The van der Waals surface area contributed by atoms with Crippen LogP contribution < -0.4 is 5.32 Å². The van der Waals surface area contributed by atoms with Gasteiger partial charge in [-0.1, -0.05) is 24.6 Å². The van der Waals surface area contributed by atoms with Gasteiger partial charge >= 0.3 is 6.18 Å². The lowest BCUT2D eigenvalue weighted by molar-refractivity contribution is -0.139. The molecule has 0 radical (unpaired) electrons. The van der Waals surface area contributed by atoms with Crippen LogP contribution in [0.2, 0.25) is 0 Å². The molecule has 2 fully saturated rings. The van der Waals surface area contributed by atoms with Gasteiger partial charge in [0.25, 0.3) is 0 Å². The largest absolute Gasteiger partial charge is 0.416 e. The number of ether oxygens (including phenoxy) is 1. The van der Waals surface area contributed by atoms with E-state index < -0.39 is 36.4 Å². The van der Waals surface area contributed by atoms with E-state index >= 15 is 0 Å². The van der Waals surface area contributed by atoms with Gasteiger partial charge in [0.15, 0.2) is 0 Å². The second-order valence-electron chi connectivity index (χ2n) is 6.44. The van der Waals surface area contributed by atoms with E-state index in [-0.39, 0.29) is 11.5 Å². The number of alkyl halides is 3. The first-order chi connectivity index (χ1) is 11.4. The van der Waals surface area contributed by atoms with Gasteiger partial charge in [-0.05, 0) is 36.3 Å². The molecule has 0 aromatic heterocycles. The Morgan fingerprint density at radius 2 is 2.08 bits per heavy atom. The fourth-order valence-corrected chi connectivity index (χ4v) is 3.83. The van der Waals surface area contributed by atoms with Crippen molar-refractivity contribution in [3.8, 4) is 0 Å². The summed E-state index contributed by atoms with van der Waals surface area (Å²) in [6.07, 6.45) is -2.22. The molecule has 132 valence electrons. The molecular weight excluding hydrogens is 323 g/mol. The Morgan fingerprint density at radius 1 is 1.33 bits per heavy atom. The van der Waals surface area contributed by atoms with Crippen LogP contribution in [0.1, 0.15) is 36.4 Å². The number of halogens is 3. The van der Waals surface area contributed by atoms with Gasteiger partial charge in [0.2, 0.25) is 5.91 Å². The fourth-order valence-electron chi connectivity index (χ4n) is 3.83. The first-order valence-corrected chi connectivity index (χ1v) is 8.10. The van der Waals surface area contributed by atoms with Gasteiger partial charge in [0.1, 0.15) is 6.10 Å². The van der Waals surface area contributed by atoms with Crippen molar-refractivity contribution in [2.75, 3.05) is 13.2 Å². The summed E-state index contributed by atoms with van der Waals surface area (Å²) in [4.78, 5) is 12.5. The van der Waals surface area contributed by atoms with Crippen LogP contribution in [-0.2, 0) is 15.7 Å². The zero-order valence-electron chi connectivity index (χ0n) is 13.1. The van der Waals surface area contributed by atoms with Gasteiger partial charge in [-0.2, -0.15) is 13.2 Å². The molecule has 2 aliphatic rings. The molecule has 4 atom stereocenters. The molecule has 1 aliphatic carbocycles. The van der Waals surface area contributed by atoms with E-state index in [1.807, 2.05) is 0 Å². The first kappa shape index (κ1) is 17.2. The molecule has 1 heterocycles. The van der Waals surface area contributed by atoms with Crippen molar-refractivity contribution in [1.82, 2.24) is 5.32 Å². The third-order valence-corrected chi connectivity index (χ3v) is 5.00. The van der Waals surface area contributed by atoms with Crippen molar-refractivity contribution < 1.29 is 27.8 Å². The topological polar surface area (TPSA) is 58.6 Å². The summed E-state index contributed by atoms with van der Waals surface area (Å²) in [5.74, 6) is 0.0402. The van der Waals surface area contributed by atoms with E-state index in [2.05, 4.69) is 5.32 Å². The molecule has 1 saturated heterocycles. The average molecular weight is 343 g/mol. The van der Waals surface area contributed by atoms with Crippen LogP contribution in [0.3, 0.4) is 0 Å². The summed E-state index contributed by atoms with van der Waals surface area (Å²) < 4.78 is 45.0. The first-order valence-electron chi connectivity index (χ1n) is 8.10. The normalized spacial score (nSPS) is 27.8. The Kier molecular flexibility index (Phi) is 4.83. The molecule has 1 aromatic rings. The molecular formula is C17H20F3NO3. The highest BCUT2D eigenvalue weighted by Gasteiger charge is 2.44. The minimum Gasteiger partial charge on any atom is -0.394 e. The molecule has 4 nitrogen and oxygen atoms in total. The van der Waals surface area contributed by atoms with Gasteiger partial charge in [-0.25, -0.2) is 0 Å². The van der Waals surface area contributed by atoms with E-state index in [1.54, 1.807) is 0 Å². The Morgan fingerprint density at radius 3 is 2.79 bits per heavy atom. The summed E-state index contributed by atoms with van der Waals surface area (Å²) in [6.45, 7) is -0.0919. The zero-order chi connectivity index (χ0) is 17.3. The monoisotopic (exact) mass is 343 g/mol. The summed E-state index contributed by atoms with van der Waals surface area (Å²) in [5, 5.41) is 12.1. The standard InChI is InChI=1S/C17H20F3NO3/c18-17(19,20)13-7-2-1-5-12(13)14(8-22)21-16(23)15-11-6-3-4-10(11)9-24-15/h1-2,5,7,10-11,14-15,22H,3-4,6,8-9H2,(H,21,23)/t10-,11-,14?,15+/m0/s1. The maximum absolute atomic E-state index is 13.1. The van der Waals surface area contributed by atoms with Crippen LogP contribution in [0.4, 0.5) is 13.2 Å². The van der Waals surface area contributed by atoms with Gasteiger partial charge in [0.05, 0.1) is 24.8 Å². The van der Waals surface area contributed by atoms with Crippen LogP contribution in [0.5, 0.6) is 0 Å². The number of amides is 1. The van der Waals surface area contributed by atoms with Crippen LogP contribution in [0.15, 0.2) is 24.3 Å². The molecule has 0 bridgehead atoms. The molecule has 1 aromatic carbocycles. The van der Waals surface area contributed by atoms with Crippen LogP contribution in [-0.4, -0.2) is 30.3 Å². The van der Waals surface area contributed by atoms with Crippen molar-refractivity contribution in [3.63, 3.8) is 0 Å². The highest BCUT2D eigenvalue weighted by Crippen LogP contribution is 2.41. The quantitative estimate of drug-likeness (QED) is 0.884. The Bertz CT molecular complexity index is 605. The molecule has 1 aliphatic heterocycles. The lowest BCUT2D eigenvalue weighted by Gasteiger charge is -2.24. The van der Waals surface area contributed by atoms with Gasteiger partial charge in [0, 0.05) is 0 Å². The lowest BCUT2D eigenvalue weighted by Crippen LogP contribution is -2.41. The number of aliphatic hydroxyl groups excluding tert-OH is 1. The Hall–Kier alpha value is -1.60. The van der Waals surface area contributed by atoms with Crippen molar-refractivity contribution in [2.45, 2.75) is 37.6 Å². The summed E-state index contributed by atoms with van der Waals surface area (Å²) in [6, 6.07) is 3.85. The van der Waals surface area contributed by atoms with Crippen molar-refractivity contribution in [1.29, 1.82) is 0 Å². The lowest BCUT2D eigenvalue weighted by atomic mass is 9.93. The van der Waals surface area contributed by atoms with Gasteiger partial charge in [-0.15, -0.1) is 0 Å². The highest BCUT2D eigenvalue weighted by atomic mass is 19.4. The number of hydrogen-bond donors (Lipinski definition) is 2. The maximum atomic E-state index is 13.1. The molecule has 1 unspecified atom stereocenters. The summed E-state index contributed by atoms with van der Waals surface area (Å²) in [5.41, 5.74) is -0.989. The van der Waals surface area contributed by atoms with E-state index in [0.717, 1.165) is 25.3 Å². The molecule has 24 heavy (non-hydrogen) atoms. The van der Waals surface area contributed by atoms with E-state index in [1.165, 1.54) is 18.2 Å². The van der Waals surface area contributed by atoms with Crippen molar-refractivity contribution >= 4 is 5.91 Å². The number of carbonyl (C=O) groups excluding carboxylic acids is 1. The minimum atomic E-state index is -4.55. The SMILES string of the molecule is O=C(NC(CO)c1ccccc1C(F)(F)F)[C@@H]1OC[C@@H]2CCC[C@@H]21. The molecule has 1 amide bonds. The Balaban J connectivity index is 1.77. The predicted octanol–water partition coefficient (Wildman–Crippen LogP) is 2.67.